The normalized spacial score (nSPS) is 13.5. The SMILES string of the molecule is C[C@H](COc1ccc(-c2ccnc3ccccc23)cc1C(F)(F)F)CC(C)(C)N. The average Bonchev–Trinajstić information content (AvgIpc) is 2.64. The smallest absolute Gasteiger partial charge is 0.419 e. The summed E-state index contributed by atoms with van der Waals surface area (Å²) in [5.41, 5.74) is 6.72. The Morgan fingerprint density at radius 3 is 2.48 bits per heavy atom. The molecule has 0 fully saturated rings. The summed E-state index contributed by atoms with van der Waals surface area (Å²) in [6.45, 7) is 5.86. The molecule has 0 saturated carbocycles. The van der Waals surface area contributed by atoms with Crippen molar-refractivity contribution in [3.05, 3.63) is 60.3 Å². The van der Waals surface area contributed by atoms with E-state index in [0.29, 0.717) is 17.5 Å². The summed E-state index contributed by atoms with van der Waals surface area (Å²) >= 11 is 0. The van der Waals surface area contributed by atoms with Crippen LogP contribution in [0.15, 0.2) is 54.7 Å². The van der Waals surface area contributed by atoms with Crippen LogP contribution in [0.1, 0.15) is 32.8 Å². The first kappa shape index (κ1) is 21.1. The van der Waals surface area contributed by atoms with Gasteiger partial charge in [-0.05, 0) is 61.6 Å². The maximum Gasteiger partial charge on any atom is 0.419 e. The molecule has 3 aromatic rings. The molecule has 1 atom stereocenters. The molecule has 3 rings (SSSR count). The molecule has 29 heavy (non-hydrogen) atoms. The molecule has 2 aromatic carbocycles. The second kappa shape index (κ2) is 8.03. The molecule has 3 nitrogen and oxygen atoms in total. The van der Waals surface area contributed by atoms with Gasteiger partial charge in [0.25, 0.3) is 0 Å². The van der Waals surface area contributed by atoms with Gasteiger partial charge in [-0.25, -0.2) is 0 Å². The number of pyridine rings is 1. The fraction of sp³-hybridized carbons (Fsp3) is 0.348. The third-order valence-electron chi connectivity index (χ3n) is 4.64. The number of para-hydroxylation sites is 1. The molecule has 0 saturated heterocycles. The monoisotopic (exact) mass is 402 g/mol. The van der Waals surface area contributed by atoms with Crippen LogP contribution in [0.3, 0.4) is 0 Å². The molecule has 0 radical (unpaired) electrons. The van der Waals surface area contributed by atoms with Crippen molar-refractivity contribution in [2.24, 2.45) is 11.7 Å². The van der Waals surface area contributed by atoms with Crippen molar-refractivity contribution in [3.63, 3.8) is 0 Å². The lowest BCUT2D eigenvalue weighted by Crippen LogP contribution is -2.35. The highest BCUT2D eigenvalue weighted by atomic mass is 19.4. The van der Waals surface area contributed by atoms with E-state index >= 15 is 0 Å². The predicted octanol–water partition coefficient (Wildman–Crippen LogP) is 6.06. The van der Waals surface area contributed by atoms with Gasteiger partial charge in [0, 0.05) is 17.1 Å². The topological polar surface area (TPSA) is 48.1 Å². The van der Waals surface area contributed by atoms with Crippen LogP contribution in [-0.4, -0.2) is 17.1 Å². The van der Waals surface area contributed by atoms with E-state index in [4.69, 9.17) is 10.5 Å². The molecule has 0 spiro atoms. The number of halogens is 3. The number of hydrogen-bond acceptors (Lipinski definition) is 3. The largest absolute Gasteiger partial charge is 0.493 e. The second-order valence-electron chi connectivity index (χ2n) is 8.19. The van der Waals surface area contributed by atoms with Crippen LogP contribution >= 0.6 is 0 Å². The zero-order valence-electron chi connectivity index (χ0n) is 16.8. The van der Waals surface area contributed by atoms with Gasteiger partial charge in [-0.1, -0.05) is 31.2 Å². The fourth-order valence-electron chi connectivity index (χ4n) is 3.58. The summed E-state index contributed by atoms with van der Waals surface area (Å²) in [7, 11) is 0. The summed E-state index contributed by atoms with van der Waals surface area (Å²) in [5.74, 6) is -0.138. The number of alkyl halides is 3. The summed E-state index contributed by atoms with van der Waals surface area (Å²) in [6.07, 6.45) is -2.27. The molecule has 0 aliphatic carbocycles. The van der Waals surface area contributed by atoms with Crippen LogP contribution in [0, 0.1) is 5.92 Å². The number of ether oxygens (including phenoxy) is 1. The van der Waals surface area contributed by atoms with Gasteiger partial charge < -0.3 is 10.5 Å². The lowest BCUT2D eigenvalue weighted by molar-refractivity contribution is -0.139. The van der Waals surface area contributed by atoms with E-state index in [-0.39, 0.29) is 18.3 Å². The van der Waals surface area contributed by atoms with Gasteiger partial charge >= 0.3 is 6.18 Å². The van der Waals surface area contributed by atoms with Crippen LogP contribution in [0.5, 0.6) is 5.75 Å². The van der Waals surface area contributed by atoms with E-state index < -0.39 is 17.3 Å². The second-order valence-corrected chi connectivity index (χ2v) is 8.19. The van der Waals surface area contributed by atoms with Crippen molar-refractivity contribution in [3.8, 4) is 16.9 Å². The van der Waals surface area contributed by atoms with E-state index in [2.05, 4.69) is 4.98 Å². The number of rotatable bonds is 6. The first-order valence-corrected chi connectivity index (χ1v) is 9.52. The Morgan fingerprint density at radius 1 is 1.07 bits per heavy atom. The van der Waals surface area contributed by atoms with Crippen LogP contribution in [-0.2, 0) is 6.18 Å². The zero-order valence-corrected chi connectivity index (χ0v) is 16.8. The Labute approximate surface area is 168 Å². The van der Waals surface area contributed by atoms with Crippen molar-refractivity contribution in [1.82, 2.24) is 4.98 Å². The molecule has 0 aliphatic heterocycles. The van der Waals surface area contributed by atoms with Gasteiger partial charge in [0.15, 0.2) is 0 Å². The zero-order chi connectivity index (χ0) is 21.2. The fourth-order valence-corrected chi connectivity index (χ4v) is 3.58. The molecule has 0 bridgehead atoms. The average molecular weight is 402 g/mol. The highest BCUT2D eigenvalue weighted by Gasteiger charge is 2.35. The van der Waals surface area contributed by atoms with Gasteiger partial charge in [0.1, 0.15) is 5.75 Å². The van der Waals surface area contributed by atoms with E-state index in [9.17, 15) is 13.2 Å². The Morgan fingerprint density at radius 2 is 1.79 bits per heavy atom. The predicted molar refractivity (Wildman–Crippen MR) is 110 cm³/mol. The van der Waals surface area contributed by atoms with Gasteiger partial charge in [0.05, 0.1) is 17.7 Å². The van der Waals surface area contributed by atoms with Crippen LogP contribution in [0.25, 0.3) is 22.0 Å². The summed E-state index contributed by atoms with van der Waals surface area (Å²) in [6, 6.07) is 13.3. The van der Waals surface area contributed by atoms with Gasteiger partial charge in [0.2, 0.25) is 0 Å². The molecular weight excluding hydrogens is 377 g/mol. The Bertz CT molecular complexity index is 988. The molecule has 1 heterocycles. The minimum Gasteiger partial charge on any atom is -0.493 e. The summed E-state index contributed by atoms with van der Waals surface area (Å²) < 4.78 is 46.8. The maximum atomic E-state index is 13.7. The van der Waals surface area contributed by atoms with E-state index in [0.717, 1.165) is 17.0 Å². The Hall–Kier alpha value is -2.60. The van der Waals surface area contributed by atoms with Crippen molar-refractivity contribution in [1.29, 1.82) is 0 Å². The number of aromatic nitrogens is 1. The number of nitrogens with two attached hydrogens (primary N) is 1. The van der Waals surface area contributed by atoms with Crippen molar-refractivity contribution in [2.45, 2.75) is 38.9 Å². The molecule has 0 aliphatic rings. The van der Waals surface area contributed by atoms with Crippen LogP contribution in [0.2, 0.25) is 0 Å². The standard InChI is InChI=1S/C23H25F3N2O/c1-15(13-22(2,3)27)14-29-21-9-8-16(12-19(21)23(24,25)26)17-10-11-28-20-7-5-4-6-18(17)20/h4-12,15H,13-14,27H2,1-3H3/t15-/m0/s1. The van der Waals surface area contributed by atoms with Gasteiger partial charge in [-0.2, -0.15) is 13.2 Å². The first-order chi connectivity index (χ1) is 13.5. The van der Waals surface area contributed by atoms with Crippen LogP contribution < -0.4 is 10.5 Å². The molecule has 0 unspecified atom stereocenters. The van der Waals surface area contributed by atoms with Gasteiger partial charge in [-0.15, -0.1) is 0 Å². The Balaban J connectivity index is 1.95. The highest BCUT2D eigenvalue weighted by Crippen LogP contribution is 2.40. The summed E-state index contributed by atoms with van der Waals surface area (Å²) in [4.78, 5) is 4.28. The lowest BCUT2D eigenvalue weighted by atomic mass is 9.93. The van der Waals surface area contributed by atoms with Crippen molar-refractivity contribution < 1.29 is 17.9 Å². The third kappa shape index (κ3) is 5.26. The minimum absolute atomic E-state index is 0.0277. The van der Waals surface area contributed by atoms with Crippen molar-refractivity contribution >= 4 is 10.9 Å². The molecule has 0 amide bonds. The van der Waals surface area contributed by atoms with E-state index in [1.54, 1.807) is 18.3 Å². The molecular formula is C23H25F3N2O. The first-order valence-electron chi connectivity index (χ1n) is 9.52. The van der Waals surface area contributed by atoms with E-state index in [1.165, 1.54) is 6.07 Å². The number of fused-ring (bicyclic) bond motifs is 1. The Kier molecular flexibility index (Phi) is 5.85. The third-order valence-corrected chi connectivity index (χ3v) is 4.64. The highest BCUT2D eigenvalue weighted by molar-refractivity contribution is 5.94. The van der Waals surface area contributed by atoms with E-state index in [1.807, 2.05) is 45.0 Å². The van der Waals surface area contributed by atoms with Gasteiger partial charge in [-0.3, -0.25) is 4.98 Å². The summed E-state index contributed by atoms with van der Waals surface area (Å²) in [5, 5.41) is 0.801. The lowest BCUT2D eigenvalue weighted by Gasteiger charge is -2.24. The molecule has 2 N–H and O–H groups in total. The number of hydrogen-bond donors (Lipinski definition) is 1. The molecule has 6 heteroatoms. The van der Waals surface area contributed by atoms with Crippen molar-refractivity contribution in [2.75, 3.05) is 6.61 Å². The van der Waals surface area contributed by atoms with Crippen LogP contribution in [0.4, 0.5) is 13.2 Å². The number of nitrogens with zero attached hydrogens (tertiary/aromatic N) is 1. The maximum absolute atomic E-state index is 13.7. The minimum atomic E-state index is -4.52. The number of benzene rings is 2. The molecule has 154 valence electrons. The quantitative estimate of drug-likeness (QED) is 0.545. The molecule has 1 aromatic heterocycles.